The van der Waals surface area contributed by atoms with Gasteiger partial charge in [0.25, 0.3) is 5.91 Å². The van der Waals surface area contributed by atoms with Gasteiger partial charge in [-0.2, -0.15) is 0 Å². The Morgan fingerprint density at radius 2 is 2.03 bits per heavy atom. The Morgan fingerprint density at radius 3 is 2.61 bits per heavy atom. The van der Waals surface area contributed by atoms with Crippen molar-refractivity contribution < 1.29 is 9.53 Å². The maximum Gasteiger partial charge on any atom is 0.251 e. The number of hydrogen-bond acceptors (Lipinski definition) is 4. The molecule has 4 rings (SSSR count). The summed E-state index contributed by atoms with van der Waals surface area (Å²) >= 11 is 0. The predicted octanol–water partition coefficient (Wildman–Crippen LogP) is 6.30. The average Bonchev–Trinajstić information content (AvgIpc) is 3.40. The van der Waals surface area contributed by atoms with Crippen molar-refractivity contribution in [3.05, 3.63) is 76.5 Å². The molecular weight excluding hydrogens is 470 g/mol. The number of piperidine rings is 1. The van der Waals surface area contributed by atoms with Crippen molar-refractivity contribution in [1.29, 1.82) is 0 Å². The summed E-state index contributed by atoms with van der Waals surface area (Å²) in [6.45, 7) is 16.0. The van der Waals surface area contributed by atoms with E-state index >= 15 is 0 Å². The van der Waals surface area contributed by atoms with Crippen LogP contribution in [0.2, 0.25) is 0 Å². The number of carbonyl (C=O) groups excluding carboxylic acids is 1. The highest BCUT2D eigenvalue weighted by molar-refractivity contribution is 5.94. The van der Waals surface area contributed by atoms with E-state index in [0.29, 0.717) is 23.7 Å². The summed E-state index contributed by atoms with van der Waals surface area (Å²) in [7, 11) is 1.72. The number of methoxy groups -OCH3 is 1. The van der Waals surface area contributed by atoms with Crippen LogP contribution in [0, 0.1) is 26.2 Å². The Balaban J connectivity index is 0.000000585. The summed E-state index contributed by atoms with van der Waals surface area (Å²) in [5.41, 5.74) is 6.40. The standard InChI is InChI=1S/C28H36N2O2.C5H9N/c1-8-22-11-10-12-23(16-22)28(31)29-24-15-18(3)30(25(9-2)17-24)21(6)26-13-14-27(32-7)20(5)19(26)4;1-5-3-2-4-6-5/h1,10-14,16,18,21,24-25H,9,15,17H2,2-7H3,(H,29,31);6H,1-4H2. The molecule has 2 saturated heterocycles. The normalized spacial score (nSPS) is 21.9. The fourth-order valence-electron chi connectivity index (χ4n) is 5.96. The Hall–Kier alpha value is -3.23. The molecule has 38 heavy (non-hydrogen) atoms. The molecule has 0 aliphatic carbocycles. The minimum atomic E-state index is -0.0442. The van der Waals surface area contributed by atoms with Crippen molar-refractivity contribution in [2.24, 2.45) is 0 Å². The molecule has 0 spiro atoms. The highest BCUT2D eigenvalue weighted by Crippen LogP contribution is 2.37. The number of ether oxygens (including phenoxy) is 1. The molecule has 2 aromatic rings. The number of terminal acetylenes is 1. The molecule has 0 radical (unpaired) electrons. The number of nitrogens with one attached hydrogen (secondary N) is 2. The molecule has 1 amide bonds. The van der Waals surface area contributed by atoms with Crippen LogP contribution in [-0.2, 0) is 0 Å². The first-order chi connectivity index (χ1) is 18.2. The third kappa shape index (κ3) is 6.99. The second-order valence-corrected chi connectivity index (χ2v) is 10.6. The van der Waals surface area contributed by atoms with Crippen LogP contribution in [0.4, 0.5) is 0 Å². The van der Waals surface area contributed by atoms with E-state index in [1.165, 1.54) is 35.2 Å². The average molecular weight is 516 g/mol. The van der Waals surface area contributed by atoms with Crippen LogP contribution in [0.15, 0.2) is 48.7 Å². The van der Waals surface area contributed by atoms with E-state index in [0.717, 1.165) is 37.1 Å². The van der Waals surface area contributed by atoms with Gasteiger partial charge in [-0.15, -0.1) is 6.42 Å². The van der Waals surface area contributed by atoms with Crippen molar-refractivity contribution in [2.75, 3.05) is 13.7 Å². The van der Waals surface area contributed by atoms with Gasteiger partial charge < -0.3 is 15.4 Å². The van der Waals surface area contributed by atoms with Gasteiger partial charge in [0.15, 0.2) is 0 Å². The molecular formula is C33H45N3O2. The van der Waals surface area contributed by atoms with Crippen LogP contribution in [0.25, 0.3) is 0 Å². The van der Waals surface area contributed by atoms with Crippen molar-refractivity contribution in [1.82, 2.24) is 15.5 Å². The number of nitrogens with zero attached hydrogens (tertiary/aromatic N) is 1. The second-order valence-electron chi connectivity index (χ2n) is 10.6. The lowest BCUT2D eigenvalue weighted by atomic mass is 9.86. The van der Waals surface area contributed by atoms with Gasteiger partial charge in [-0.25, -0.2) is 0 Å². The van der Waals surface area contributed by atoms with E-state index in [1.807, 2.05) is 18.2 Å². The lowest BCUT2D eigenvalue weighted by molar-refractivity contribution is 0.0338. The topological polar surface area (TPSA) is 53.6 Å². The number of hydrogen-bond donors (Lipinski definition) is 2. The maximum atomic E-state index is 12.9. The number of amides is 1. The van der Waals surface area contributed by atoms with Gasteiger partial charge in [0.1, 0.15) is 5.75 Å². The van der Waals surface area contributed by atoms with Gasteiger partial charge >= 0.3 is 0 Å². The van der Waals surface area contributed by atoms with E-state index in [-0.39, 0.29) is 11.9 Å². The molecule has 0 bridgehead atoms. The summed E-state index contributed by atoms with van der Waals surface area (Å²) in [5, 5.41) is 6.39. The zero-order valence-corrected chi connectivity index (χ0v) is 24.1. The van der Waals surface area contributed by atoms with Gasteiger partial charge in [0.2, 0.25) is 0 Å². The van der Waals surface area contributed by atoms with Crippen LogP contribution in [-0.4, -0.2) is 42.6 Å². The summed E-state index contributed by atoms with van der Waals surface area (Å²) < 4.78 is 5.51. The van der Waals surface area contributed by atoms with E-state index in [1.54, 1.807) is 13.2 Å². The molecule has 2 N–H and O–H groups in total. The first-order valence-corrected chi connectivity index (χ1v) is 13.9. The Bertz CT molecular complexity index is 1160. The minimum absolute atomic E-state index is 0.0442. The summed E-state index contributed by atoms with van der Waals surface area (Å²) in [5.74, 6) is 3.50. The zero-order chi connectivity index (χ0) is 27.8. The Kier molecular flexibility index (Phi) is 10.4. The predicted molar refractivity (Wildman–Crippen MR) is 158 cm³/mol. The summed E-state index contributed by atoms with van der Waals surface area (Å²) in [4.78, 5) is 15.5. The molecule has 2 aliphatic rings. The highest BCUT2D eigenvalue weighted by atomic mass is 16.5. The molecule has 2 aromatic carbocycles. The molecule has 0 saturated carbocycles. The number of benzene rings is 2. The maximum absolute atomic E-state index is 12.9. The van der Waals surface area contributed by atoms with Crippen molar-refractivity contribution in [3.8, 4) is 18.1 Å². The molecule has 204 valence electrons. The highest BCUT2D eigenvalue weighted by Gasteiger charge is 2.36. The monoisotopic (exact) mass is 515 g/mol. The number of carbonyl (C=O) groups is 1. The van der Waals surface area contributed by atoms with Crippen LogP contribution in [0.3, 0.4) is 0 Å². The lowest BCUT2D eigenvalue weighted by Gasteiger charge is -2.47. The van der Waals surface area contributed by atoms with E-state index in [9.17, 15) is 4.79 Å². The van der Waals surface area contributed by atoms with Crippen LogP contribution < -0.4 is 15.4 Å². The number of rotatable bonds is 6. The van der Waals surface area contributed by atoms with E-state index in [4.69, 9.17) is 11.2 Å². The smallest absolute Gasteiger partial charge is 0.251 e. The summed E-state index contributed by atoms with van der Waals surface area (Å²) in [6.07, 6.45) is 10.9. The molecule has 2 aliphatic heterocycles. The molecule has 4 atom stereocenters. The van der Waals surface area contributed by atoms with Crippen LogP contribution >= 0.6 is 0 Å². The van der Waals surface area contributed by atoms with Gasteiger partial charge in [0, 0.05) is 47.5 Å². The fourth-order valence-corrected chi connectivity index (χ4v) is 5.96. The molecule has 4 unspecified atom stereocenters. The minimum Gasteiger partial charge on any atom is -0.496 e. The molecule has 5 nitrogen and oxygen atoms in total. The second kappa shape index (κ2) is 13.5. The third-order valence-corrected chi connectivity index (χ3v) is 8.14. The Morgan fingerprint density at radius 1 is 1.26 bits per heavy atom. The third-order valence-electron chi connectivity index (χ3n) is 8.14. The first-order valence-electron chi connectivity index (χ1n) is 13.9. The van der Waals surface area contributed by atoms with Crippen molar-refractivity contribution in [3.63, 3.8) is 0 Å². The SMILES string of the molecule is C#Cc1cccc(C(=O)NC2CC(C)N(C(C)c3ccc(OC)c(C)c3C)C(CC)C2)c1.C=C1CCCN1. The fraction of sp³-hybridized carbons (Fsp3) is 0.485. The lowest BCUT2D eigenvalue weighted by Crippen LogP contribution is -2.54. The van der Waals surface area contributed by atoms with Gasteiger partial charge in [-0.05, 0) is 101 Å². The first kappa shape index (κ1) is 29.3. The van der Waals surface area contributed by atoms with Gasteiger partial charge in [-0.3, -0.25) is 9.69 Å². The number of likely N-dealkylation sites (tertiary alicyclic amines) is 1. The molecule has 0 aromatic heterocycles. The van der Waals surface area contributed by atoms with E-state index < -0.39 is 0 Å². The van der Waals surface area contributed by atoms with Crippen molar-refractivity contribution >= 4 is 5.91 Å². The molecule has 2 fully saturated rings. The van der Waals surface area contributed by atoms with Crippen molar-refractivity contribution in [2.45, 2.75) is 90.9 Å². The largest absolute Gasteiger partial charge is 0.496 e. The number of allylic oxidation sites excluding steroid dienone is 1. The Labute approximate surface area is 230 Å². The molecule has 2 heterocycles. The van der Waals surface area contributed by atoms with Crippen LogP contribution in [0.5, 0.6) is 5.75 Å². The summed E-state index contributed by atoms with van der Waals surface area (Å²) in [6, 6.07) is 12.8. The zero-order valence-electron chi connectivity index (χ0n) is 24.1. The van der Waals surface area contributed by atoms with Crippen LogP contribution in [0.1, 0.15) is 91.5 Å². The van der Waals surface area contributed by atoms with Gasteiger partial charge in [0.05, 0.1) is 7.11 Å². The van der Waals surface area contributed by atoms with E-state index in [2.05, 4.69) is 74.8 Å². The van der Waals surface area contributed by atoms with Gasteiger partial charge in [-0.1, -0.05) is 31.6 Å². The molecule has 5 heteroatoms. The quantitative estimate of drug-likeness (QED) is 0.444.